The number of aromatic nitrogens is 2. The van der Waals surface area contributed by atoms with E-state index in [-0.39, 0.29) is 11.3 Å². The van der Waals surface area contributed by atoms with Crippen molar-refractivity contribution in [2.45, 2.75) is 39.6 Å². The number of hydrogen-bond donors (Lipinski definition) is 0. The molecule has 0 aliphatic rings. The normalized spacial score (nSPS) is 11.2. The van der Waals surface area contributed by atoms with Gasteiger partial charge in [0.25, 0.3) is 6.47 Å². The van der Waals surface area contributed by atoms with Crippen LogP contribution in [0.2, 0.25) is 0 Å². The lowest BCUT2D eigenvalue weighted by atomic mass is 10.1. The first kappa shape index (κ1) is 25.2. The molecule has 30 heavy (non-hydrogen) atoms. The van der Waals surface area contributed by atoms with Gasteiger partial charge in [0.2, 0.25) is 0 Å². The summed E-state index contributed by atoms with van der Waals surface area (Å²) in [4.78, 5) is 8.95. The molecular weight excluding hydrogens is 425 g/mol. The highest BCUT2D eigenvalue weighted by atomic mass is 32.2. The van der Waals surface area contributed by atoms with Crippen LogP contribution in [0, 0.1) is 6.92 Å². The number of pyridine rings is 1. The highest BCUT2D eigenvalue weighted by molar-refractivity contribution is 7.88. The Labute approximate surface area is 172 Å². The predicted molar refractivity (Wildman–Crippen MR) is 107 cm³/mol. The molecule has 3 aromatic rings. The summed E-state index contributed by atoms with van der Waals surface area (Å²) in [5.74, 6) is -0.330. The Hall–Kier alpha value is -2.82. The van der Waals surface area contributed by atoms with Gasteiger partial charge in [0.15, 0.2) is 5.75 Å². The molecule has 0 radical (unpaired) electrons. The minimum Gasteiger partial charge on any atom is -0.471 e. The monoisotopic (exact) mass is 448 g/mol. The summed E-state index contributed by atoms with van der Waals surface area (Å²) in [6, 6.07) is 6.76. The molecule has 0 atom stereocenters. The number of rotatable bonds is 4. The van der Waals surface area contributed by atoms with Crippen LogP contribution in [0.15, 0.2) is 30.5 Å². The van der Waals surface area contributed by atoms with E-state index in [0.29, 0.717) is 34.9 Å². The van der Waals surface area contributed by atoms with Crippen LogP contribution in [-0.4, -0.2) is 37.1 Å². The summed E-state index contributed by atoms with van der Waals surface area (Å²) < 4.78 is 71.1. The Kier molecular flexibility index (Phi) is 8.64. The van der Waals surface area contributed by atoms with Crippen LogP contribution in [0.4, 0.5) is 13.2 Å². The summed E-state index contributed by atoms with van der Waals surface area (Å²) in [7, 11) is -4.47. The molecule has 1 aromatic carbocycles. The van der Waals surface area contributed by atoms with Crippen LogP contribution in [0.3, 0.4) is 0 Å². The zero-order valence-corrected chi connectivity index (χ0v) is 18.0. The average molecular weight is 448 g/mol. The molecule has 7 nitrogen and oxygen atoms in total. The molecule has 0 bridgehead atoms. The Bertz CT molecular complexity index is 1110. The van der Waals surface area contributed by atoms with E-state index in [0.717, 1.165) is 0 Å². The summed E-state index contributed by atoms with van der Waals surface area (Å²) in [5.41, 5.74) is -3.80. The fraction of sp³-hybridized carbons (Fsp3) is 0.368. The Morgan fingerprint density at radius 2 is 1.77 bits per heavy atom. The fourth-order valence-corrected chi connectivity index (χ4v) is 3.13. The summed E-state index contributed by atoms with van der Waals surface area (Å²) in [6.45, 7) is 7.75. The van der Waals surface area contributed by atoms with Crippen LogP contribution >= 0.6 is 0 Å². The van der Waals surface area contributed by atoms with Gasteiger partial charge in [-0.2, -0.15) is 26.7 Å². The molecule has 2 heterocycles. The van der Waals surface area contributed by atoms with Gasteiger partial charge in [-0.1, -0.05) is 39.0 Å². The van der Waals surface area contributed by atoms with E-state index in [9.17, 15) is 21.6 Å². The van der Waals surface area contributed by atoms with E-state index in [2.05, 4.69) is 14.0 Å². The number of halogens is 3. The highest BCUT2D eigenvalue weighted by Gasteiger charge is 2.49. The molecule has 0 unspecified atom stereocenters. The van der Waals surface area contributed by atoms with Crippen LogP contribution in [0.5, 0.6) is 5.75 Å². The second-order valence-corrected chi connectivity index (χ2v) is 7.14. The summed E-state index contributed by atoms with van der Waals surface area (Å²) in [5, 5.41) is 4.78. The van der Waals surface area contributed by atoms with Crippen molar-refractivity contribution < 1.29 is 35.3 Å². The second-order valence-electron chi connectivity index (χ2n) is 5.60. The third-order valence-corrected chi connectivity index (χ3v) is 4.76. The maximum Gasteiger partial charge on any atom is 0.534 e. The largest absolute Gasteiger partial charge is 0.534 e. The summed E-state index contributed by atoms with van der Waals surface area (Å²) in [6.07, 6.45) is 1.95. The lowest BCUT2D eigenvalue weighted by Crippen LogP contribution is -2.28. The van der Waals surface area contributed by atoms with Crippen molar-refractivity contribution in [1.29, 1.82) is 0 Å². The van der Waals surface area contributed by atoms with E-state index in [1.807, 2.05) is 13.8 Å². The number of ether oxygens (including phenoxy) is 1. The molecule has 0 spiro atoms. The zero-order chi connectivity index (χ0) is 23.1. The highest BCUT2D eigenvalue weighted by Crippen LogP contribution is 2.37. The van der Waals surface area contributed by atoms with Gasteiger partial charge in [-0.25, -0.2) is 4.52 Å². The van der Waals surface area contributed by atoms with Crippen LogP contribution in [-0.2, 0) is 26.1 Å². The van der Waals surface area contributed by atoms with Gasteiger partial charge in [0.1, 0.15) is 5.52 Å². The molecule has 3 rings (SSSR count). The molecule has 0 aliphatic carbocycles. The van der Waals surface area contributed by atoms with Gasteiger partial charge >= 0.3 is 15.6 Å². The molecule has 0 fully saturated rings. The Morgan fingerprint density at radius 3 is 2.27 bits per heavy atom. The van der Waals surface area contributed by atoms with Gasteiger partial charge in [-0.3, -0.25) is 4.79 Å². The number of methoxy groups -OCH3 is 1. The smallest absolute Gasteiger partial charge is 0.471 e. The molecule has 166 valence electrons. The van der Waals surface area contributed by atoms with Crippen LogP contribution in [0.25, 0.3) is 16.4 Å². The van der Waals surface area contributed by atoms with Gasteiger partial charge < -0.3 is 8.92 Å². The Morgan fingerprint density at radius 1 is 1.20 bits per heavy atom. The summed E-state index contributed by atoms with van der Waals surface area (Å²) >= 11 is 0. The minimum absolute atomic E-state index is 0.195. The van der Waals surface area contributed by atoms with Crippen molar-refractivity contribution in [2.24, 2.45) is 0 Å². The minimum atomic E-state index is -5.78. The van der Waals surface area contributed by atoms with E-state index in [1.54, 1.807) is 44.3 Å². The third kappa shape index (κ3) is 5.21. The lowest BCUT2D eigenvalue weighted by molar-refractivity contribution is -0.126. The number of benzene rings is 1. The van der Waals surface area contributed by atoms with E-state index < -0.39 is 15.6 Å². The van der Waals surface area contributed by atoms with Crippen molar-refractivity contribution in [3.05, 3.63) is 41.6 Å². The first-order valence-electron chi connectivity index (χ1n) is 8.94. The van der Waals surface area contributed by atoms with Gasteiger partial charge in [0, 0.05) is 17.1 Å². The van der Waals surface area contributed by atoms with Gasteiger partial charge in [-0.05, 0) is 25.0 Å². The van der Waals surface area contributed by atoms with Crippen LogP contribution < -0.4 is 4.18 Å². The quantitative estimate of drug-likeness (QED) is 0.334. The van der Waals surface area contributed by atoms with Crippen molar-refractivity contribution in [3.63, 3.8) is 0 Å². The van der Waals surface area contributed by atoms with Gasteiger partial charge in [0.05, 0.1) is 12.6 Å². The fourth-order valence-electron chi connectivity index (χ4n) is 2.64. The maximum atomic E-state index is 12.8. The lowest BCUT2D eigenvalue weighted by Gasteiger charge is -2.15. The molecule has 2 aromatic heterocycles. The van der Waals surface area contributed by atoms with E-state index in [4.69, 9.17) is 4.79 Å². The standard InChI is InChI=1S/C15H13F3N2O3S.C2H4O2.C2H6/c1-3-10-9(2)8-20-13(11-6-4-5-7-12(11)19-20)14(10)23-24(21,22)15(16,17)18;1-4-2-3;1-2/h4-8H,3H2,1-2H3;2H,1H3;1-2H3. The molecule has 0 N–H and O–H groups in total. The molecule has 0 saturated heterocycles. The molecule has 0 saturated carbocycles. The van der Waals surface area contributed by atoms with Crippen LogP contribution in [0.1, 0.15) is 31.9 Å². The number of alkyl halides is 3. The van der Waals surface area contributed by atoms with E-state index in [1.165, 1.54) is 11.6 Å². The predicted octanol–water partition coefficient (Wildman–Crippen LogP) is 4.40. The SMILES string of the molecule is CC.CCc1c(C)cn2nc3ccccc3c2c1OS(=O)(=O)C(F)(F)F.COC=O. The molecule has 0 amide bonds. The number of fused-ring (bicyclic) bond motifs is 3. The number of hydrogen-bond acceptors (Lipinski definition) is 6. The van der Waals surface area contributed by atoms with Crippen molar-refractivity contribution in [1.82, 2.24) is 9.61 Å². The Balaban J connectivity index is 0.000000673. The molecule has 0 aliphatic heterocycles. The van der Waals surface area contributed by atoms with Crippen molar-refractivity contribution in [2.75, 3.05) is 7.11 Å². The first-order valence-corrected chi connectivity index (χ1v) is 10.3. The zero-order valence-electron chi connectivity index (χ0n) is 17.1. The number of carbonyl (C=O) groups excluding carboxylic acids is 1. The number of nitrogens with zero attached hydrogens (tertiary/aromatic N) is 2. The molecular formula is C19H23F3N2O5S. The third-order valence-electron chi connectivity index (χ3n) is 3.81. The second kappa shape index (κ2) is 10.3. The number of aryl methyl sites for hydroxylation is 1. The van der Waals surface area contributed by atoms with Crippen molar-refractivity contribution in [3.8, 4) is 5.75 Å². The van der Waals surface area contributed by atoms with E-state index >= 15 is 0 Å². The molecule has 11 heteroatoms. The first-order chi connectivity index (χ1) is 14.1. The van der Waals surface area contributed by atoms with Gasteiger partial charge in [-0.15, -0.1) is 0 Å². The average Bonchev–Trinajstić information content (AvgIpc) is 3.06. The maximum absolute atomic E-state index is 12.8. The number of carbonyl (C=O) groups is 1. The van der Waals surface area contributed by atoms with Crippen molar-refractivity contribution >= 4 is 33.0 Å². The topological polar surface area (TPSA) is 87.0 Å².